The normalized spacial score (nSPS) is 19.6. The van der Waals surface area contributed by atoms with Crippen molar-refractivity contribution in [2.75, 3.05) is 39.0 Å². The Bertz CT molecular complexity index is 769. The molecular weight excluding hydrogens is 406 g/mol. The van der Waals surface area contributed by atoms with Gasteiger partial charge in [-0.3, -0.25) is 4.79 Å². The first-order valence-corrected chi connectivity index (χ1v) is 13.2. The standard InChI is InChI=1S/C21H33N3O3S2/c1-3-28-17-18-9-11-19(12-10-18)21(25)23-13-15-24(16-14-23)29(26,27)22(2)20-7-5-4-6-8-20/h9-12,20H,3-8,13-17H2,1-2H3. The molecule has 0 aromatic heterocycles. The molecule has 1 aromatic carbocycles. The monoisotopic (exact) mass is 439 g/mol. The second-order valence-corrected chi connectivity index (χ2v) is 11.1. The first-order chi connectivity index (χ1) is 13.9. The van der Waals surface area contributed by atoms with E-state index in [0.717, 1.165) is 37.2 Å². The van der Waals surface area contributed by atoms with Gasteiger partial charge in [0.2, 0.25) is 0 Å². The van der Waals surface area contributed by atoms with E-state index in [2.05, 4.69) is 6.92 Å². The predicted molar refractivity (Wildman–Crippen MR) is 119 cm³/mol. The minimum Gasteiger partial charge on any atom is -0.336 e. The molecule has 3 rings (SSSR count). The highest BCUT2D eigenvalue weighted by Gasteiger charge is 2.35. The molecule has 2 fully saturated rings. The average Bonchev–Trinajstić information content (AvgIpc) is 2.77. The number of hydrogen-bond donors (Lipinski definition) is 0. The Morgan fingerprint density at radius 3 is 2.28 bits per heavy atom. The summed E-state index contributed by atoms with van der Waals surface area (Å²) < 4.78 is 29.1. The third-order valence-electron chi connectivity index (χ3n) is 5.98. The molecule has 1 amide bonds. The Hall–Kier alpha value is -1.09. The first kappa shape index (κ1) is 22.6. The molecule has 162 valence electrons. The second kappa shape index (κ2) is 10.3. The highest BCUT2D eigenvalue weighted by atomic mass is 32.2. The zero-order valence-corrected chi connectivity index (χ0v) is 19.2. The molecular formula is C21H33N3O3S2. The molecule has 0 bridgehead atoms. The van der Waals surface area contributed by atoms with E-state index in [0.29, 0.717) is 31.7 Å². The summed E-state index contributed by atoms with van der Waals surface area (Å²) in [5.41, 5.74) is 1.89. The maximum Gasteiger partial charge on any atom is 0.282 e. The Labute approximate surface area is 179 Å². The highest BCUT2D eigenvalue weighted by molar-refractivity contribution is 7.98. The lowest BCUT2D eigenvalue weighted by Gasteiger charge is -2.38. The summed E-state index contributed by atoms with van der Waals surface area (Å²) in [4.78, 5) is 14.6. The number of carbonyl (C=O) groups is 1. The van der Waals surface area contributed by atoms with Crippen molar-refractivity contribution in [3.63, 3.8) is 0 Å². The minimum atomic E-state index is -3.46. The van der Waals surface area contributed by atoms with E-state index < -0.39 is 10.2 Å². The van der Waals surface area contributed by atoms with E-state index in [1.165, 1.54) is 16.3 Å². The van der Waals surface area contributed by atoms with Gasteiger partial charge in [-0.15, -0.1) is 0 Å². The topological polar surface area (TPSA) is 60.9 Å². The van der Waals surface area contributed by atoms with Crippen LogP contribution in [0.15, 0.2) is 24.3 Å². The number of nitrogens with zero attached hydrogens (tertiary/aromatic N) is 3. The smallest absolute Gasteiger partial charge is 0.282 e. The first-order valence-electron chi connectivity index (χ1n) is 10.6. The van der Waals surface area contributed by atoms with Gasteiger partial charge in [-0.1, -0.05) is 38.3 Å². The third-order valence-corrected chi connectivity index (χ3v) is 8.97. The minimum absolute atomic E-state index is 0.0163. The van der Waals surface area contributed by atoms with Gasteiger partial charge < -0.3 is 4.90 Å². The largest absolute Gasteiger partial charge is 0.336 e. The van der Waals surface area contributed by atoms with Gasteiger partial charge in [-0.05, 0) is 36.3 Å². The van der Waals surface area contributed by atoms with E-state index in [4.69, 9.17) is 0 Å². The third kappa shape index (κ3) is 5.54. The number of piperazine rings is 1. The van der Waals surface area contributed by atoms with E-state index in [9.17, 15) is 13.2 Å². The molecule has 8 heteroatoms. The van der Waals surface area contributed by atoms with Crippen LogP contribution in [0, 0.1) is 0 Å². The Morgan fingerprint density at radius 1 is 1.07 bits per heavy atom. The van der Waals surface area contributed by atoms with Gasteiger partial charge in [0, 0.05) is 50.6 Å². The van der Waals surface area contributed by atoms with Crippen LogP contribution >= 0.6 is 11.8 Å². The molecule has 6 nitrogen and oxygen atoms in total. The van der Waals surface area contributed by atoms with Crippen LogP contribution in [0.2, 0.25) is 0 Å². The Morgan fingerprint density at radius 2 is 1.69 bits per heavy atom. The summed E-state index contributed by atoms with van der Waals surface area (Å²) in [6.45, 7) is 3.72. The number of thioether (sulfide) groups is 1. The van der Waals surface area contributed by atoms with Crippen molar-refractivity contribution in [1.82, 2.24) is 13.5 Å². The lowest BCUT2D eigenvalue weighted by molar-refractivity contribution is 0.0693. The lowest BCUT2D eigenvalue weighted by atomic mass is 9.96. The predicted octanol–water partition coefficient (Wildman–Crippen LogP) is 3.21. The molecule has 1 aromatic rings. The van der Waals surface area contributed by atoms with Gasteiger partial charge in [-0.25, -0.2) is 0 Å². The molecule has 1 aliphatic heterocycles. The second-order valence-electron chi connectivity index (χ2n) is 7.84. The van der Waals surface area contributed by atoms with Crippen LogP contribution in [-0.4, -0.2) is 72.9 Å². The van der Waals surface area contributed by atoms with Gasteiger partial charge in [-0.2, -0.15) is 28.8 Å². The fraction of sp³-hybridized carbons (Fsp3) is 0.667. The number of rotatable bonds is 7. The molecule has 0 N–H and O–H groups in total. The maximum absolute atomic E-state index is 13.0. The zero-order valence-electron chi connectivity index (χ0n) is 17.5. The van der Waals surface area contributed by atoms with Crippen molar-refractivity contribution in [3.8, 4) is 0 Å². The van der Waals surface area contributed by atoms with Gasteiger partial charge in [0.25, 0.3) is 16.1 Å². The highest BCUT2D eigenvalue weighted by Crippen LogP contribution is 2.25. The SMILES string of the molecule is CCSCc1ccc(C(=O)N2CCN(S(=O)(=O)N(C)C3CCCCC3)CC2)cc1. The molecule has 1 saturated carbocycles. The van der Waals surface area contributed by atoms with Gasteiger partial charge >= 0.3 is 0 Å². The molecule has 2 aliphatic rings. The number of hydrogen-bond acceptors (Lipinski definition) is 4. The zero-order chi connectivity index (χ0) is 20.9. The van der Waals surface area contributed by atoms with Crippen LogP contribution in [0.5, 0.6) is 0 Å². The average molecular weight is 440 g/mol. The van der Waals surface area contributed by atoms with Crippen LogP contribution < -0.4 is 0 Å². The van der Waals surface area contributed by atoms with Crippen molar-refractivity contribution in [2.45, 2.75) is 50.8 Å². The summed E-state index contributed by atoms with van der Waals surface area (Å²) in [5, 5.41) is 0. The summed E-state index contributed by atoms with van der Waals surface area (Å²) in [6, 6.07) is 7.89. The van der Waals surface area contributed by atoms with Crippen LogP contribution in [0.25, 0.3) is 0 Å². The van der Waals surface area contributed by atoms with Crippen LogP contribution in [0.1, 0.15) is 54.9 Å². The summed E-state index contributed by atoms with van der Waals surface area (Å²) in [5.74, 6) is 2.01. The Balaban J connectivity index is 1.55. The van der Waals surface area contributed by atoms with Crippen LogP contribution in [-0.2, 0) is 16.0 Å². The van der Waals surface area contributed by atoms with Crippen molar-refractivity contribution in [2.24, 2.45) is 0 Å². The summed E-state index contributed by atoms with van der Waals surface area (Å²) in [7, 11) is -1.75. The lowest BCUT2D eigenvalue weighted by Crippen LogP contribution is -2.55. The quantitative estimate of drug-likeness (QED) is 0.655. The Kier molecular flexibility index (Phi) is 8.01. The van der Waals surface area contributed by atoms with Gasteiger partial charge in [0.1, 0.15) is 0 Å². The maximum atomic E-state index is 13.0. The molecule has 0 atom stereocenters. The van der Waals surface area contributed by atoms with E-state index >= 15 is 0 Å². The van der Waals surface area contributed by atoms with Gasteiger partial charge in [0.05, 0.1) is 0 Å². The summed E-state index contributed by atoms with van der Waals surface area (Å²) in [6.07, 6.45) is 5.29. The van der Waals surface area contributed by atoms with E-state index in [-0.39, 0.29) is 11.9 Å². The van der Waals surface area contributed by atoms with E-state index in [1.54, 1.807) is 16.3 Å². The fourth-order valence-corrected chi connectivity index (χ4v) is 6.29. The number of carbonyl (C=O) groups excluding carboxylic acids is 1. The van der Waals surface area contributed by atoms with Gasteiger partial charge in [0.15, 0.2) is 0 Å². The van der Waals surface area contributed by atoms with Crippen LogP contribution in [0.3, 0.4) is 0 Å². The van der Waals surface area contributed by atoms with Crippen molar-refractivity contribution >= 4 is 27.9 Å². The number of benzene rings is 1. The van der Waals surface area contributed by atoms with Crippen LogP contribution in [0.4, 0.5) is 0 Å². The summed E-state index contributed by atoms with van der Waals surface area (Å²) >= 11 is 1.86. The fourth-order valence-electron chi connectivity index (χ4n) is 4.08. The van der Waals surface area contributed by atoms with Crippen molar-refractivity contribution in [3.05, 3.63) is 35.4 Å². The van der Waals surface area contributed by atoms with Crippen molar-refractivity contribution in [1.29, 1.82) is 0 Å². The molecule has 1 saturated heterocycles. The molecule has 0 spiro atoms. The number of amides is 1. The van der Waals surface area contributed by atoms with Crippen molar-refractivity contribution < 1.29 is 13.2 Å². The molecule has 1 heterocycles. The molecule has 0 unspecified atom stereocenters. The molecule has 0 radical (unpaired) electrons. The molecule has 29 heavy (non-hydrogen) atoms. The molecule has 1 aliphatic carbocycles. The van der Waals surface area contributed by atoms with E-state index in [1.807, 2.05) is 36.0 Å².